The van der Waals surface area contributed by atoms with Gasteiger partial charge in [0.15, 0.2) is 5.79 Å². The van der Waals surface area contributed by atoms with E-state index in [-0.39, 0.29) is 0 Å². The molecule has 2 heterocycles. The third-order valence-electron chi connectivity index (χ3n) is 5.56. The Morgan fingerprint density at radius 1 is 1.04 bits per heavy atom. The van der Waals surface area contributed by atoms with Crippen LogP contribution in [-0.4, -0.2) is 46.6 Å². The number of hydrogen-bond donors (Lipinski definition) is 0. The first-order valence-electron chi connectivity index (χ1n) is 9.91. The summed E-state index contributed by atoms with van der Waals surface area (Å²) in [7, 11) is -2.60. The molecule has 0 aromatic rings. The Kier molecular flexibility index (Phi) is 6.38. The van der Waals surface area contributed by atoms with Crippen LogP contribution >= 0.6 is 0 Å². The quantitative estimate of drug-likeness (QED) is 0.462. The first-order valence-corrected chi connectivity index (χ1v) is 11.8. The van der Waals surface area contributed by atoms with E-state index in [1.807, 2.05) is 20.8 Å². The number of hydrogen-bond acceptors (Lipinski definition) is 5. The molecule has 4 unspecified atom stereocenters. The van der Waals surface area contributed by atoms with Crippen molar-refractivity contribution in [3.63, 3.8) is 0 Å². The molecular formula is C18H34O5Si. The van der Waals surface area contributed by atoms with E-state index in [1.54, 1.807) is 0 Å². The fraction of sp³-hybridized carbons (Fsp3) is 1.00. The zero-order valence-electron chi connectivity index (χ0n) is 15.6. The van der Waals surface area contributed by atoms with Crippen molar-refractivity contribution in [2.24, 2.45) is 5.92 Å². The van der Waals surface area contributed by atoms with Gasteiger partial charge in [-0.2, -0.15) is 0 Å². The van der Waals surface area contributed by atoms with Crippen LogP contribution in [0, 0.1) is 5.92 Å². The maximum Gasteiger partial charge on any atom is 0.503 e. The highest BCUT2D eigenvalue weighted by atomic mass is 28.4. The van der Waals surface area contributed by atoms with E-state index in [9.17, 15) is 0 Å². The fourth-order valence-corrected chi connectivity index (χ4v) is 7.34. The molecular weight excluding hydrogens is 324 g/mol. The van der Waals surface area contributed by atoms with Crippen LogP contribution in [0.4, 0.5) is 0 Å². The molecule has 3 fully saturated rings. The van der Waals surface area contributed by atoms with Crippen LogP contribution in [0.15, 0.2) is 0 Å². The molecule has 0 amide bonds. The van der Waals surface area contributed by atoms with Gasteiger partial charge >= 0.3 is 8.80 Å². The zero-order valence-corrected chi connectivity index (χ0v) is 16.6. The Bertz CT molecular complexity index is 391. The van der Waals surface area contributed by atoms with Gasteiger partial charge in [0.05, 0.1) is 12.2 Å². The van der Waals surface area contributed by atoms with Crippen molar-refractivity contribution < 1.29 is 22.8 Å². The summed E-state index contributed by atoms with van der Waals surface area (Å²) >= 11 is 0. The van der Waals surface area contributed by atoms with Crippen molar-refractivity contribution >= 4 is 8.80 Å². The molecule has 3 aliphatic rings. The molecule has 5 nitrogen and oxygen atoms in total. The first-order chi connectivity index (χ1) is 11.6. The van der Waals surface area contributed by atoms with Crippen molar-refractivity contribution in [1.82, 2.24) is 0 Å². The third-order valence-corrected chi connectivity index (χ3v) is 8.67. The zero-order chi connectivity index (χ0) is 17.0. The van der Waals surface area contributed by atoms with Gasteiger partial charge < -0.3 is 22.8 Å². The SMILES string of the molecule is CCOC1(CCC2CCC3OC3C2)CCC[Si](OCC)(OCC)O1. The molecule has 0 N–H and O–H groups in total. The largest absolute Gasteiger partial charge is 0.503 e. The summed E-state index contributed by atoms with van der Waals surface area (Å²) < 4.78 is 30.4. The second-order valence-corrected chi connectivity index (χ2v) is 9.93. The van der Waals surface area contributed by atoms with Crippen LogP contribution in [-0.2, 0) is 22.8 Å². The molecule has 2 aliphatic heterocycles. The maximum absolute atomic E-state index is 6.55. The average Bonchev–Trinajstić information content (AvgIpc) is 3.33. The molecule has 3 rings (SSSR count). The van der Waals surface area contributed by atoms with Crippen molar-refractivity contribution in [2.45, 2.75) is 89.8 Å². The van der Waals surface area contributed by atoms with Crippen molar-refractivity contribution in [1.29, 1.82) is 0 Å². The summed E-state index contributed by atoms with van der Waals surface area (Å²) in [4.78, 5) is 0. The van der Waals surface area contributed by atoms with Crippen molar-refractivity contribution in [3.8, 4) is 0 Å². The van der Waals surface area contributed by atoms with E-state index in [2.05, 4.69) is 0 Å². The molecule has 0 radical (unpaired) electrons. The van der Waals surface area contributed by atoms with Gasteiger partial charge in [-0.3, -0.25) is 0 Å². The van der Waals surface area contributed by atoms with Gasteiger partial charge in [0.2, 0.25) is 0 Å². The lowest BCUT2D eigenvalue weighted by Crippen LogP contribution is -2.57. The van der Waals surface area contributed by atoms with E-state index in [1.165, 1.54) is 19.3 Å². The van der Waals surface area contributed by atoms with Crippen LogP contribution in [0.5, 0.6) is 0 Å². The van der Waals surface area contributed by atoms with Gasteiger partial charge in [-0.05, 0) is 58.8 Å². The molecule has 0 spiro atoms. The Balaban J connectivity index is 1.62. The number of fused-ring (bicyclic) bond motifs is 1. The molecule has 24 heavy (non-hydrogen) atoms. The molecule has 0 aromatic carbocycles. The molecule has 2 saturated heterocycles. The minimum absolute atomic E-state index is 0.509. The van der Waals surface area contributed by atoms with Crippen molar-refractivity contribution in [2.75, 3.05) is 19.8 Å². The maximum atomic E-state index is 6.55. The molecule has 0 aromatic heterocycles. The molecule has 140 valence electrons. The highest BCUT2D eigenvalue weighted by molar-refractivity contribution is 6.61. The summed E-state index contributed by atoms with van der Waals surface area (Å²) in [6, 6.07) is 0.907. The predicted molar refractivity (Wildman–Crippen MR) is 93.7 cm³/mol. The minimum atomic E-state index is -2.60. The summed E-state index contributed by atoms with van der Waals surface area (Å²) in [6.07, 6.45) is 8.94. The van der Waals surface area contributed by atoms with E-state index in [0.717, 1.165) is 37.6 Å². The molecule has 1 saturated carbocycles. The van der Waals surface area contributed by atoms with E-state index in [4.69, 9.17) is 22.8 Å². The van der Waals surface area contributed by atoms with Crippen LogP contribution < -0.4 is 0 Å². The Morgan fingerprint density at radius 2 is 1.83 bits per heavy atom. The Morgan fingerprint density at radius 3 is 2.50 bits per heavy atom. The highest BCUT2D eigenvalue weighted by Crippen LogP contribution is 2.44. The fourth-order valence-electron chi connectivity index (χ4n) is 4.43. The number of epoxide rings is 1. The van der Waals surface area contributed by atoms with Crippen molar-refractivity contribution in [3.05, 3.63) is 0 Å². The van der Waals surface area contributed by atoms with Gasteiger partial charge in [0, 0.05) is 38.7 Å². The van der Waals surface area contributed by atoms with Gasteiger partial charge in [-0.15, -0.1) is 0 Å². The first kappa shape index (κ1) is 18.8. The summed E-state index contributed by atoms with van der Waals surface area (Å²) in [5.74, 6) is 0.233. The normalized spacial score (nSPS) is 37.9. The lowest BCUT2D eigenvalue weighted by atomic mass is 9.84. The second-order valence-electron chi connectivity index (χ2n) is 7.28. The standard InChI is InChI=1S/C18H34O5Si/c1-4-19-18(12-10-15-8-9-16-17(14-15)22-16)11-7-13-24(23-18,20-5-2)21-6-3/h15-17H,4-14H2,1-3H3. The lowest BCUT2D eigenvalue weighted by Gasteiger charge is -2.45. The highest BCUT2D eigenvalue weighted by Gasteiger charge is 2.53. The topological polar surface area (TPSA) is 49.5 Å². The summed E-state index contributed by atoms with van der Waals surface area (Å²) in [6.45, 7) is 8.02. The van der Waals surface area contributed by atoms with Gasteiger partial charge in [0.25, 0.3) is 0 Å². The Labute approximate surface area is 147 Å². The van der Waals surface area contributed by atoms with E-state index < -0.39 is 14.6 Å². The van der Waals surface area contributed by atoms with E-state index in [0.29, 0.717) is 32.0 Å². The molecule has 0 bridgehead atoms. The van der Waals surface area contributed by atoms with Gasteiger partial charge in [-0.25, -0.2) is 0 Å². The van der Waals surface area contributed by atoms with Crippen LogP contribution in [0.25, 0.3) is 0 Å². The second kappa shape index (κ2) is 8.14. The lowest BCUT2D eigenvalue weighted by molar-refractivity contribution is -0.227. The van der Waals surface area contributed by atoms with Crippen LogP contribution in [0.3, 0.4) is 0 Å². The Hall–Kier alpha value is 0.0169. The summed E-state index contributed by atoms with van der Waals surface area (Å²) in [5, 5.41) is 0. The molecule has 4 atom stereocenters. The minimum Gasteiger partial charge on any atom is -0.374 e. The molecule has 6 heteroatoms. The smallest absolute Gasteiger partial charge is 0.374 e. The van der Waals surface area contributed by atoms with E-state index >= 15 is 0 Å². The number of rotatable bonds is 9. The number of ether oxygens (including phenoxy) is 2. The van der Waals surface area contributed by atoms with Crippen LogP contribution in [0.2, 0.25) is 6.04 Å². The average molecular weight is 359 g/mol. The van der Waals surface area contributed by atoms with Gasteiger partial charge in [-0.1, -0.05) is 0 Å². The predicted octanol–water partition coefficient (Wildman–Crippen LogP) is 3.89. The third kappa shape index (κ3) is 4.40. The summed E-state index contributed by atoms with van der Waals surface area (Å²) in [5.41, 5.74) is 0. The monoisotopic (exact) mass is 358 g/mol. The molecule has 1 aliphatic carbocycles. The van der Waals surface area contributed by atoms with Gasteiger partial charge in [0.1, 0.15) is 0 Å². The van der Waals surface area contributed by atoms with Crippen LogP contribution in [0.1, 0.15) is 65.7 Å².